The summed E-state index contributed by atoms with van der Waals surface area (Å²) in [5, 5.41) is 2.73. The van der Waals surface area contributed by atoms with Gasteiger partial charge in [0, 0.05) is 32.7 Å². The van der Waals surface area contributed by atoms with Crippen LogP contribution in [-0.4, -0.2) is 40.6 Å². The first-order chi connectivity index (χ1) is 10.9. The molecule has 1 rings (SSSR count). The van der Waals surface area contributed by atoms with Gasteiger partial charge in [-0.1, -0.05) is 12.1 Å². The lowest BCUT2D eigenvalue weighted by atomic mass is 10.2. The van der Waals surface area contributed by atoms with Gasteiger partial charge >= 0.3 is 0 Å². The zero-order valence-electron chi connectivity index (χ0n) is 14.0. The van der Waals surface area contributed by atoms with E-state index in [0.29, 0.717) is 25.3 Å². The second-order valence-corrected chi connectivity index (χ2v) is 7.05. The molecule has 0 bridgehead atoms. The third-order valence-corrected chi connectivity index (χ3v) is 4.87. The van der Waals surface area contributed by atoms with Gasteiger partial charge in [-0.3, -0.25) is 4.79 Å². The molecule has 0 spiro atoms. The lowest BCUT2D eigenvalue weighted by Gasteiger charge is -2.10. The van der Waals surface area contributed by atoms with Gasteiger partial charge in [0.25, 0.3) is 0 Å². The molecule has 0 unspecified atom stereocenters. The summed E-state index contributed by atoms with van der Waals surface area (Å²) >= 11 is 0. The van der Waals surface area contributed by atoms with Gasteiger partial charge in [-0.2, -0.15) is 0 Å². The molecule has 0 saturated carbocycles. The van der Waals surface area contributed by atoms with Crippen molar-refractivity contribution in [3.8, 4) is 0 Å². The van der Waals surface area contributed by atoms with Gasteiger partial charge in [-0.05, 0) is 44.4 Å². The van der Waals surface area contributed by atoms with Crippen LogP contribution < -0.4 is 10.0 Å². The predicted molar refractivity (Wildman–Crippen MR) is 89.8 cm³/mol. The molecule has 0 heterocycles. The quantitative estimate of drug-likeness (QED) is 0.631. The van der Waals surface area contributed by atoms with Gasteiger partial charge in [0.15, 0.2) is 0 Å². The highest BCUT2D eigenvalue weighted by Gasteiger charge is 2.16. The average Bonchev–Trinajstić information content (AvgIpc) is 2.49. The van der Waals surface area contributed by atoms with Crippen molar-refractivity contribution in [2.24, 2.45) is 0 Å². The van der Waals surface area contributed by atoms with Crippen LogP contribution in [0.4, 0.5) is 0 Å². The molecule has 1 amide bonds. The molecule has 0 radical (unpaired) electrons. The zero-order chi connectivity index (χ0) is 17.3. The summed E-state index contributed by atoms with van der Waals surface area (Å²) in [5.41, 5.74) is 1.56. The summed E-state index contributed by atoms with van der Waals surface area (Å²) in [6, 6.07) is 5.27. The molecule has 6 nitrogen and oxygen atoms in total. The normalized spacial score (nSPS) is 11.4. The highest BCUT2D eigenvalue weighted by Crippen LogP contribution is 2.16. The first-order valence-corrected chi connectivity index (χ1v) is 9.26. The van der Waals surface area contributed by atoms with Crippen LogP contribution in [0.25, 0.3) is 0 Å². The van der Waals surface area contributed by atoms with Crippen molar-refractivity contribution in [2.45, 2.75) is 38.5 Å². The van der Waals surface area contributed by atoms with Crippen LogP contribution >= 0.6 is 0 Å². The Morgan fingerprint density at radius 1 is 1.22 bits per heavy atom. The number of hydrogen-bond donors (Lipinski definition) is 2. The van der Waals surface area contributed by atoms with Crippen LogP contribution in [-0.2, 0) is 19.6 Å². The van der Waals surface area contributed by atoms with E-state index in [-0.39, 0.29) is 23.8 Å². The number of sulfonamides is 1. The van der Waals surface area contributed by atoms with E-state index in [1.54, 1.807) is 19.1 Å². The standard InChI is InChI=1S/C16H26N2O4S/c1-4-22-11-5-9-17-16(19)8-10-18-23(20,21)15-12-13(2)6-7-14(15)3/h6-7,12,18H,4-5,8-11H2,1-3H3,(H,17,19). The van der Waals surface area contributed by atoms with E-state index in [0.717, 1.165) is 12.0 Å². The summed E-state index contributed by atoms with van der Waals surface area (Å²) in [6.45, 7) is 7.38. The summed E-state index contributed by atoms with van der Waals surface area (Å²) in [7, 11) is -3.59. The number of benzene rings is 1. The fraction of sp³-hybridized carbons (Fsp3) is 0.562. The van der Waals surface area contributed by atoms with Crippen LogP contribution in [0.5, 0.6) is 0 Å². The van der Waals surface area contributed by atoms with Gasteiger partial charge in [-0.15, -0.1) is 0 Å². The minimum atomic E-state index is -3.59. The lowest BCUT2D eigenvalue weighted by molar-refractivity contribution is -0.120. The summed E-state index contributed by atoms with van der Waals surface area (Å²) in [5.74, 6) is -0.176. The number of amides is 1. The first-order valence-electron chi connectivity index (χ1n) is 7.78. The Bertz CT molecular complexity index is 615. The molecule has 0 aromatic heterocycles. The molecule has 2 N–H and O–H groups in total. The molecule has 1 aromatic carbocycles. The molecule has 0 atom stereocenters. The van der Waals surface area contributed by atoms with E-state index in [2.05, 4.69) is 10.0 Å². The minimum absolute atomic E-state index is 0.0764. The number of nitrogens with one attached hydrogen (secondary N) is 2. The van der Waals surface area contributed by atoms with Crippen molar-refractivity contribution >= 4 is 15.9 Å². The lowest BCUT2D eigenvalue weighted by Crippen LogP contribution is -2.31. The van der Waals surface area contributed by atoms with Crippen molar-refractivity contribution in [1.82, 2.24) is 10.0 Å². The number of ether oxygens (including phenoxy) is 1. The predicted octanol–water partition coefficient (Wildman–Crippen LogP) is 1.51. The van der Waals surface area contributed by atoms with E-state index in [4.69, 9.17) is 4.74 Å². The Morgan fingerprint density at radius 2 is 1.96 bits per heavy atom. The van der Waals surface area contributed by atoms with E-state index in [9.17, 15) is 13.2 Å². The Kier molecular flexibility index (Phi) is 8.22. The second kappa shape index (κ2) is 9.64. The zero-order valence-corrected chi connectivity index (χ0v) is 14.8. The second-order valence-electron chi connectivity index (χ2n) is 5.32. The van der Waals surface area contributed by atoms with Crippen LogP contribution in [0, 0.1) is 13.8 Å². The molecule has 0 fully saturated rings. The van der Waals surface area contributed by atoms with Gasteiger partial charge < -0.3 is 10.1 Å². The molecule has 0 aliphatic heterocycles. The monoisotopic (exact) mass is 342 g/mol. The fourth-order valence-corrected chi connectivity index (χ4v) is 3.37. The SMILES string of the molecule is CCOCCCNC(=O)CCNS(=O)(=O)c1cc(C)ccc1C. The molecule has 0 aliphatic carbocycles. The maximum atomic E-state index is 12.3. The highest BCUT2D eigenvalue weighted by molar-refractivity contribution is 7.89. The van der Waals surface area contributed by atoms with Crippen molar-refractivity contribution in [3.05, 3.63) is 29.3 Å². The fourth-order valence-electron chi connectivity index (χ4n) is 2.01. The Labute approximate surface area is 138 Å². The molecule has 7 heteroatoms. The topological polar surface area (TPSA) is 84.5 Å². The van der Waals surface area contributed by atoms with Crippen LogP contribution in [0.15, 0.2) is 23.1 Å². The molecular formula is C16H26N2O4S. The summed E-state index contributed by atoms with van der Waals surface area (Å²) in [6.07, 6.45) is 0.854. The van der Waals surface area contributed by atoms with Crippen LogP contribution in [0.3, 0.4) is 0 Å². The maximum Gasteiger partial charge on any atom is 0.240 e. The average molecular weight is 342 g/mol. The number of carbonyl (C=O) groups is 1. The smallest absolute Gasteiger partial charge is 0.240 e. The molecular weight excluding hydrogens is 316 g/mol. The van der Waals surface area contributed by atoms with E-state index < -0.39 is 10.0 Å². The first kappa shape index (κ1) is 19.6. The Balaban J connectivity index is 2.39. The van der Waals surface area contributed by atoms with E-state index in [1.807, 2.05) is 19.9 Å². The third kappa shape index (κ3) is 7.11. The number of aryl methyl sites for hydroxylation is 2. The summed E-state index contributed by atoms with van der Waals surface area (Å²) in [4.78, 5) is 11.9. The van der Waals surface area contributed by atoms with Crippen molar-refractivity contribution in [1.29, 1.82) is 0 Å². The molecule has 1 aromatic rings. The Morgan fingerprint density at radius 3 is 2.65 bits per heavy atom. The van der Waals surface area contributed by atoms with Crippen LogP contribution in [0.2, 0.25) is 0 Å². The van der Waals surface area contributed by atoms with Crippen molar-refractivity contribution in [2.75, 3.05) is 26.3 Å². The summed E-state index contributed by atoms with van der Waals surface area (Å²) < 4.78 is 32.2. The van der Waals surface area contributed by atoms with Crippen molar-refractivity contribution < 1.29 is 17.9 Å². The highest BCUT2D eigenvalue weighted by atomic mass is 32.2. The molecule has 0 saturated heterocycles. The molecule has 130 valence electrons. The molecule has 0 aliphatic rings. The van der Waals surface area contributed by atoms with Gasteiger partial charge in [0.2, 0.25) is 15.9 Å². The largest absolute Gasteiger partial charge is 0.382 e. The van der Waals surface area contributed by atoms with Gasteiger partial charge in [0.1, 0.15) is 0 Å². The van der Waals surface area contributed by atoms with Gasteiger partial charge in [0.05, 0.1) is 4.90 Å². The number of carbonyl (C=O) groups excluding carboxylic acids is 1. The number of rotatable bonds is 10. The third-order valence-electron chi connectivity index (χ3n) is 3.27. The molecule has 23 heavy (non-hydrogen) atoms. The number of hydrogen-bond acceptors (Lipinski definition) is 4. The van der Waals surface area contributed by atoms with Crippen molar-refractivity contribution in [3.63, 3.8) is 0 Å². The maximum absolute atomic E-state index is 12.3. The van der Waals surface area contributed by atoms with Gasteiger partial charge in [-0.25, -0.2) is 13.1 Å². The van der Waals surface area contributed by atoms with Crippen LogP contribution in [0.1, 0.15) is 30.9 Å². The van der Waals surface area contributed by atoms with E-state index in [1.165, 1.54) is 0 Å². The minimum Gasteiger partial charge on any atom is -0.382 e. The Hall–Kier alpha value is -1.44. The van der Waals surface area contributed by atoms with E-state index >= 15 is 0 Å².